The molecule has 1 heterocycles. The topological polar surface area (TPSA) is 96.4 Å². The van der Waals surface area contributed by atoms with Crippen molar-refractivity contribution in [3.8, 4) is 11.3 Å². The van der Waals surface area contributed by atoms with Gasteiger partial charge in [-0.3, -0.25) is 9.35 Å². The van der Waals surface area contributed by atoms with E-state index in [4.69, 9.17) is 9.54 Å². The molecule has 0 aliphatic rings. The molecule has 2 N–H and O–H groups in total. The van der Waals surface area contributed by atoms with E-state index in [1.807, 2.05) is 56.3 Å². The molecular weight excluding hydrogens is 412 g/mol. The molecule has 0 saturated heterocycles. The largest absolute Gasteiger partial charge is 0.322 e. The lowest BCUT2D eigenvalue weighted by Gasteiger charge is -2.12. The number of aromatic nitrogens is 1. The molecule has 4 aromatic rings. The standard InChI is InChI=1S/C24H20N2O4S/c1-15-7-8-17(13-16(15)2)23-14-21(20-5-3-4-6-22(20)26-23)24(27)25-18-9-11-19(12-10-18)31(28,29)30/h3-14H,1-2H3,(H,25,27)(H,28,29,30). The number of para-hydroxylation sites is 1. The molecule has 31 heavy (non-hydrogen) atoms. The van der Waals surface area contributed by atoms with E-state index in [2.05, 4.69) is 5.32 Å². The van der Waals surface area contributed by atoms with E-state index < -0.39 is 10.1 Å². The molecule has 0 fully saturated rings. The van der Waals surface area contributed by atoms with E-state index in [1.165, 1.54) is 29.8 Å². The number of fused-ring (bicyclic) bond motifs is 1. The summed E-state index contributed by atoms with van der Waals surface area (Å²) >= 11 is 0. The van der Waals surface area contributed by atoms with Crippen molar-refractivity contribution in [3.05, 3.63) is 89.5 Å². The van der Waals surface area contributed by atoms with Crippen LogP contribution in [0.3, 0.4) is 0 Å². The van der Waals surface area contributed by atoms with Crippen molar-refractivity contribution < 1.29 is 17.8 Å². The van der Waals surface area contributed by atoms with Crippen molar-refractivity contribution in [2.45, 2.75) is 18.7 Å². The molecule has 7 heteroatoms. The van der Waals surface area contributed by atoms with Crippen LogP contribution in [0.15, 0.2) is 77.7 Å². The number of nitrogens with zero attached hydrogens (tertiary/aromatic N) is 1. The molecular formula is C24H20N2O4S. The first-order valence-electron chi connectivity index (χ1n) is 9.59. The number of benzene rings is 3. The second kappa shape index (κ2) is 7.94. The minimum atomic E-state index is -4.29. The van der Waals surface area contributed by atoms with Gasteiger partial charge in [0.2, 0.25) is 0 Å². The highest BCUT2D eigenvalue weighted by Gasteiger charge is 2.15. The highest BCUT2D eigenvalue weighted by Crippen LogP contribution is 2.27. The molecule has 1 aromatic heterocycles. The molecule has 1 amide bonds. The second-order valence-corrected chi connectivity index (χ2v) is 8.75. The normalized spacial score (nSPS) is 11.5. The second-order valence-electron chi connectivity index (χ2n) is 7.32. The Balaban J connectivity index is 1.75. The maximum absolute atomic E-state index is 13.1. The van der Waals surface area contributed by atoms with E-state index in [0.29, 0.717) is 27.8 Å². The van der Waals surface area contributed by atoms with Gasteiger partial charge in [0.25, 0.3) is 16.0 Å². The monoisotopic (exact) mass is 432 g/mol. The molecule has 0 unspecified atom stereocenters. The Labute approximate surface area is 180 Å². The average Bonchev–Trinajstić information content (AvgIpc) is 2.74. The quantitative estimate of drug-likeness (QED) is 0.442. The summed E-state index contributed by atoms with van der Waals surface area (Å²) in [7, 11) is -4.29. The van der Waals surface area contributed by atoms with Gasteiger partial charge in [0, 0.05) is 16.6 Å². The van der Waals surface area contributed by atoms with Gasteiger partial charge in [0.1, 0.15) is 0 Å². The summed E-state index contributed by atoms with van der Waals surface area (Å²) in [6.45, 7) is 4.07. The van der Waals surface area contributed by atoms with Crippen LogP contribution in [-0.2, 0) is 10.1 Å². The van der Waals surface area contributed by atoms with Crippen LogP contribution in [0.1, 0.15) is 21.5 Å². The zero-order valence-corrected chi connectivity index (χ0v) is 17.8. The minimum absolute atomic E-state index is 0.239. The molecule has 0 radical (unpaired) electrons. The molecule has 0 aliphatic carbocycles. The van der Waals surface area contributed by atoms with Crippen LogP contribution >= 0.6 is 0 Å². The first kappa shape index (κ1) is 20.7. The Hall–Kier alpha value is -3.55. The molecule has 0 saturated carbocycles. The number of aryl methyl sites for hydroxylation is 2. The number of pyridine rings is 1. The maximum Gasteiger partial charge on any atom is 0.294 e. The predicted molar refractivity (Wildman–Crippen MR) is 121 cm³/mol. The van der Waals surface area contributed by atoms with Crippen molar-refractivity contribution in [1.82, 2.24) is 4.98 Å². The van der Waals surface area contributed by atoms with Crippen LogP contribution in [-0.4, -0.2) is 23.9 Å². The predicted octanol–water partition coefficient (Wildman–Crippen LogP) is 5.02. The number of rotatable bonds is 4. The van der Waals surface area contributed by atoms with Crippen LogP contribution in [0.2, 0.25) is 0 Å². The molecule has 0 aliphatic heterocycles. The molecule has 0 atom stereocenters. The lowest BCUT2D eigenvalue weighted by atomic mass is 10.0. The zero-order chi connectivity index (χ0) is 22.2. The smallest absolute Gasteiger partial charge is 0.294 e. The summed E-state index contributed by atoms with van der Waals surface area (Å²) in [6.07, 6.45) is 0. The first-order valence-corrected chi connectivity index (χ1v) is 11.0. The first-order chi connectivity index (χ1) is 14.7. The van der Waals surface area contributed by atoms with Crippen molar-refractivity contribution >= 4 is 32.6 Å². The SMILES string of the molecule is Cc1ccc(-c2cc(C(=O)Nc3ccc(S(=O)(=O)O)cc3)c3ccccc3n2)cc1C. The Morgan fingerprint density at radius 1 is 0.903 bits per heavy atom. The van der Waals surface area contributed by atoms with Crippen LogP contribution in [0.25, 0.3) is 22.2 Å². The molecule has 3 aromatic carbocycles. The van der Waals surface area contributed by atoms with Gasteiger partial charge in [-0.15, -0.1) is 0 Å². The maximum atomic E-state index is 13.1. The lowest BCUT2D eigenvalue weighted by Crippen LogP contribution is -2.13. The van der Waals surface area contributed by atoms with Crippen LogP contribution in [0.5, 0.6) is 0 Å². The molecule has 0 bridgehead atoms. The summed E-state index contributed by atoms with van der Waals surface area (Å²) < 4.78 is 31.5. The number of hydrogen-bond acceptors (Lipinski definition) is 4. The van der Waals surface area contributed by atoms with Crippen molar-refractivity contribution in [2.75, 3.05) is 5.32 Å². The fourth-order valence-corrected chi connectivity index (χ4v) is 3.80. The van der Waals surface area contributed by atoms with E-state index >= 15 is 0 Å². The van der Waals surface area contributed by atoms with Crippen LogP contribution in [0, 0.1) is 13.8 Å². The fraction of sp³-hybridized carbons (Fsp3) is 0.0833. The number of nitrogens with one attached hydrogen (secondary N) is 1. The highest BCUT2D eigenvalue weighted by atomic mass is 32.2. The third kappa shape index (κ3) is 4.33. The summed E-state index contributed by atoms with van der Waals surface area (Å²) in [4.78, 5) is 17.6. The summed E-state index contributed by atoms with van der Waals surface area (Å²) in [5, 5.41) is 3.50. The van der Waals surface area contributed by atoms with Crippen LogP contribution < -0.4 is 5.32 Å². The number of anilines is 1. The highest BCUT2D eigenvalue weighted by molar-refractivity contribution is 7.85. The van der Waals surface area contributed by atoms with Gasteiger partial charge in [0.05, 0.1) is 21.7 Å². The third-order valence-corrected chi connectivity index (χ3v) is 6.04. The van der Waals surface area contributed by atoms with Gasteiger partial charge >= 0.3 is 0 Å². The minimum Gasteiger partial charge on any atom is -0.322 e. The Bertz CT molecular complexity index is 1410. The Morgan fingerprint density at radius 3 is 2.29 bits per heavy atom. The van der Waals surface area contributed by atoms with E-state index in [9.17, 15) is 13.2 Å². The molecule has 156 valence electrons. The Kier molecular flexibility index (Phi) is 5.31. The van der Waals surface area contributed by atoms with Crippen molar-refractivity contribution in [1.29, 1.82) is 0 Å². The number of carbonyl (C=O) groups excluding carboxylic acids is 1. The van der Waals surface area contributed by atoms with E-state index in [0.717, 1.165) is 11.1 Å². The fourth-order valence-electron chi connectivity index (χ4n) is 3.32. The van der Waals surface area contributed by atoms with Gasteiger partial charge in [-0.2, -0.15) is 8.42 Å². The Morgan fingerprint density at radius 2 is 1.61 bits per heavy atom. The number of amides is 1. The van der Waals surface area contributed by atoms with Crippen molar-refractivity contribution in [3.63, 3.8) is 0 Å². The molecule has 4 rings (SSSR count). The third-order valence-electron chi connectivity index (χ3n) is 5.17. The van der Waals surface area contributed by atoms with Gasteiger partial charge in [-0.05, 0) is 67.4 Å². The molecule has 6 nitrogen and oxygen atoms in total. The summed E-state index contributed by atoms with van der Waals surface area (Å²) in [5.41, 5.74) is 5.48. The summed E-state index contributed by atoms with van der Waals surface area (Å²) in [5.74, 6) is -0.344. The van der Waals surface area contributed by atoms with Gasteiger partial charge in [-0.1, -0.05) is 30.3 Å². The zero-order valence-electron chi connectivity index (χ0n) is 17.0. The van der Waals surface area contributed by atoms with Crippen molar-refractivity contribution in [2.24, 2.45) is 0 Å². The van der Waals surface area contributed by atoms with Crippen LogP contribution in [0.4, 0.5) is 5.69 Å². The molecule has 0 spiro atoms. The lowest BCUT2D eigenvalue weighted by molar-refractivity contribution is 0.102. The van der Waals surface area contributed by atoms with E-state index in [1.54, 1.807) is 6.07 Å². The number of carbonyl (C=O) groups is 1. The average molecular weight is 433 g/mol. The van der Waals surface area contributed by atoms with Gasteiger partial charge in [-0.25, -0.2) is 4.98 Å². The summed E-state index contributed by atoms with van der Waals surface area (Å²) in [6, 6.07) is 20.5. The van der Waals surface area contributed by atoms with E-state index in [-0.39, 0.29) is 10.8 Å². The number of hydrogen-bond donors (Lipinski definition) is 2. The van der Waals surface area contributed by atoms with Gasteiger partial charge < -0.3 is 5.32 Å². The van der Waals surface area contributed by atoms with Gasteiger partial charge in [0.15, 0.2) is 0 Å².